The van der Waals surface area contributed by atoms with E-state index in [0.29, 0.717) is 19.8 Å². The van der Waals surface area contributed by atoms with Gasteiger partial charge in [-0.2, -0.15) is 0 Å². The maximum atomic E-state index is 12.5. The van der Waals surface area contributed by atoms with E-state index in [9.17, 15) is 9.59 Å². The van der Waals surface area contributed by atoms with E-state index in [-0.39, 0.29) is 30.9 Å². The Morgan fingerprint density at radius 2 is 1.70 bits per heavy atom. The summed E-state index contributed by atoms with van der Waals surface area (Å²) in [5.74, 6) is 0.0448. The van der Waals surface area contributed by atoms with Crippen LogP contribution < -0.4 is 0 Å². The van der Waals surface area contributed by atoms with Gasteiger partial charge in [0.1, 0.15) is 0 Å². The van der Waals surface area contributed by atoms with Crippen molar-refractivity contribution in [2.75, 3.05) is 45.9 Å². The van der Waals surface area contributed by atoms with Crippen molar-refractivity contribution in [3.05, 3.63) is 0 Å². The number of amides is 2. The summed E-state index contributed by atoms with van der Waals surface area (Å²) in [5, 5.41) is 7.28. The van der Waals surface area contributed by atoms with Crippen LogP contribution in [0.5, 0.6) is 0 Å². The quantitative estimate of drug-likeness (QED) is 0.637. The van der Waals surface area contributed by atoms with Crippen molar-refractivity contribution < 1.29 is 14.3 Å². The lowest BCUT2D eigenvalue weighted by atomic mass is 10.1. The summed E-state index contributed by atoms with van der Waals surface area (Å²) in [6.07, 6.45) is 1.93. The fourth-order valence-corrected chi connectivity index (χ4v) is 3.19. The summed E-state index contributed by atoms with van der Waals surface area (Å²) in [7, 11) is 0. The van der Waals surface area contributed by atoms with Crippen LogP contribution in [-0.4, -0.2) is 83.8 Å². The van der Waals surface area contributed by atoms with Gasteiger partial charge in [0.2, 0.25) is 0 Å². The summed E-state index contributed by atoms with van der Waals surface area (Å²) in [6, 6.07) is 0.116. The van der Waals surface area contributed by atoms with Gasteiger partial charge in [-0.3, -0.25) is 14.6 Å². The molecule has 3 saturated heterocycles. The molecular formula is C13H22N4O3. The van der Waals surface area contributed by atoms with Gasteiger partial charge >= 0.3 is 0 Å². The van der Waals surface area contributed by atoms with Crippen molar-refractivity contribution in [3.8, 4) is 0 Å². The number of carbonyl (C=O) groups is 2. The molecule has 0 aromatic heterocycles. The lowest BCUT2D eigenvalue weighted by Crippen LogP contribution is -2.56. The van der Waals surface area contributed by atoms with E-state index in [4.69, 9.17) is 4.74 Å². The first-order valence-corrected chi connectivity index (χ1v) is 7.36. The Bertz CT molecular complexity index is 397. The summed E-state index contributed by atoms with van der Waals surface area (Å²) in [5.41, 5.74) is 0. The molecule has 20 heavy (non-hydrogen) atoms. The first kappa shape index (κ1) is 13.8. The molecule has 0 saturated carbocycles. The van der Waals surface area contributed by atoms with Crippen molar-refractivity contribution in [2.24, 2.45) is 0 Å². The monoisotopic (exact) mass is 282 g/mol. The number of hydrazine groups is 2. The second-order valence-corrected chi connectivity index (χ2v) is 5.64. The third-order valence-electron chi connectivity index (χ3n) is 4.24. The summed E-state index contributed by atoms with van der Waals surface area (Å²) in [6.45, 7) is 6.05. The van der Waals surface area contributed by atoms with E-state index in [1.807, 2.05) is 11.9 Å². The fraction of sp³-hybridized carbons (Fsp3) is 0.846. The highest BCUT2D eigenvalue weighted by molar-refractivity contribution is 5.87. The fourth-order valence-electron chi connectivity index (χ4n) is 3.19. The van der Waals surface area contributed by atoms with Crippen LogP contribution in [0, 0.1) is 0 Å². The Morgan fingerprint density at radius 1 is 1.00 bits per heavy atom. The average Bonchev–Trinajstić information content (AvgIpc) is 2.59. The molecule has 7 heteroatoms. The highest BCUT2D eigenvalue weighted by Gasteiger charge is 2.39. The summed E-state index contributed by atoms with van der Waals surface area (Å²) >= 11 is 0. The van der Waals surface area contributed by atoms with Crippen LogP contribution in [0.25, 0.3) is 0 Å². The standard InChI is InChI=1S/C13H22N4O3/c1-11-3-2-4-16-12(18)9-15(10-13(19)17(11)16)14-5-7-20-8-6-14/h11H,2-10H2,1H3/t11-/m0/s1. The Kier molecular flexibility index (Phi) is 3.91. The highest BCUT2D eigenvalue weighted by atomic mass is 16.5. The van der Waals surface area contributed by atoms with Gasteiger partial charge in [-0.1, -0.05) is 0 Å². The van der Waals surface area contributed by atoms with E-state index in [0.717, 1.165) is 25.9 Å². The first-order chi connectivity index (χ1) is 9.66. The minimum Gasteiger partial charge on any atom is -0.379 e. The topological polar surface area (TPSA) is 56.3 Å². The Labute approximate surface area is 119 Å². The molecule has 7 nitrogen and oxygen atoms in total. The molecule has 0 aliphatic carbocycles. The molecule has 3 aliphatic rings. The number of nitrogens with zero attached hydrogens (tertiary/aromatic N) is 4. The third-order valence-corrected chi connectivity index (χ3v) is 4.24. The zero-order chi connectivity index (χ0) is 14.1. The molecule has 0 radical (unpaired) electrons. The van der Waals surface area contributed by atoms with Gasteiger partial charge in [-0.25, -0.2) is 15.0 Å². The van der Waals surface area contributed by atoms with Crippen molar-refractivity contribution in [1.29, 1.82) is 0 Å². The van der Waals surface area contributed by atoms with Crippen LogP contribution in [0.3, 0.4) is 0 Å². The van der Waals surface area contributed by atoms with E-state index in [1.165, 1.54) is 0 Å². The van der Waals surface area contributed by atoms with E-state index >= 15 is 0 Å². The smallest absolute Gasteiger partial charge is 0.257 e. The molecule has 3 aliphatic heterocycles. The Morgan fingerprint density at radius 3 is 2.45 bits per heavy atom. The van der Waals surface area contributed by atoms with Crippen LogP contribution in [0.15, 0.2) is 0 Å². The number of carbonyl (C=O) groups excluding carboxylic acids is 2. The lowest BCUT2D eigenvalue weighted by Gasteiger charge is -2.41. The van der Waals surface area contributed by atoms with Gasteiger partial charge < -0.3 is 4.74 Å². The molecule has 3 rings (SSSR count). The number of ether oxygens (including phenoxy) is 1. The number of hydrogen-bond acceptors (Lipinski definition) is 5. The average molecular weight is 282 g/mol. The van der Waals surface area contributed by atoms with Crippen LogP contribution in [0.2, 0.25) is 0 Å². The number of hydrogen-bond donors (Lipinski definition) is 0. The van der Waals surface area contributed by atoms with Crippen molar-refractivity contribution in [3.63, 3.8) is 0 Å². The molecule has 0 aromatic rings. The highest BCUT2D eigenvalue weighted by Crippen LogP contribution is 2.21. The molecule has 2 amide bonds. The van der Waals surface area contributed by atoms with Crippen molar-refractivity contribution in [2.45, 2.75) is 25.8 Å². The maximum Gasteiger partial charge on any atom is 0.257 e. The summed E-state index contributed by atoms with van der Waals surface area (Å²) in [4.78, 5) is 24.9. The van der Waals surface area contributed by atoms with Gasteiger partial charge in [0.25, 0.3) is 11.8 Å². The lowest BCUT2D eigenvalue weighted by molar-refractivity contribution is -0.169. The minimum atomic E-state index is 0.0221. The van der Waals surface area contributed by atoms with Crippen LogP contribution in [0.1, 0.15) is 19.8 Å². The number of fused-ring (bicyclic) bond motifs is 1. The second kappa shape index (κ2) is 5.67. The van der Waals surface area contributed by atoms with E-state index in [2.05, 4.69) is 5.01 Å². The molecule has 0 spiro atoms. The maximum absolute atomic E-state index is 12.5. The van der Waals surface area contributed by atoms with Gasteiger partial charge in [0, 0.05) is 19.6 Å². The van der Waals surface area contributed by atoms with E-state index in [1.54, 1.807) is 10.0 Å². The van der Waals surface area contributed by atoms with Crippen molar-refractivity contribution in [1.82, 2.24) is 20.0 Å². The van der Waals surface area contributed by atoms with Gasteiger partial charge in [0.15, 0.2) is 0 Å². The molecule has 3 fully saturated rings. The minimum absolute atomic E-state index is 0.0221. The Balaban J connectivity index is 1.77. The largest absolute Gasteiger partial charge is 0.379 e. The predicted molar refractivity (Wildman–Crippen MR) is 71.2 cm³/mol. The predicted octanol–water partition coefficient (Wildman–Crippen LogP) is -0.696. The molecule has 0 bridgehead atoms. The molecule has 1 atom stereocenters. The van der Waals surface area contributed by atoms with Gasteiger partial charge in [0.05, 0.1) is 32.3 Å². The van der Waals surface area contributed by atoms with Crippen LogP contribution in [-0.2, 0) is 14.3 Å². The molecule has 0 unspecified atom stereocenters. The summed E-state index contributed by atoms with van der Waals surface area (Å²) < 4.78 is 5.33. The zero-order valence-electron chi connectivity index (χ0n) is 12.0. The van der Waals surface area contributed by atoms with Gasteiger partial charge in [-0.05, 0) is 19.8 Å². The number of morpholine rings is 1. The molecule has 0 aromatic carbocycles. The zero-order valence-corrected chi connectivity index (χ0v) is 12.0. The van der Waals surface area contributed by atoms with Crippen LogP contribution >= 0.6 is 0 Å². The first-order valence-electron chi connectivity index (χ1n) is 7.36. The molecule has 0 N–H and O–H groups in total. The van der Waals surface area contributed by atoms with Gasteiger partial charge in [-0.15, -0.1) is 0 Å². The molecule has 112 valence electrons. The normalized spacial score (nSPS) is 30.4. The van der Waals surface area contributed by atoms with E-state index < -0.39 is 0 Å². The second-order valence-electron chi connectivity index (χ2n) is 5.64. The number of rotatable bonds is 1. The van der Waals surface area contributed by atoms with Crippen LogP contribution in [0.4, 0.5) is 0 Å². The third kappa shape index (κ3) is 2.53. The van der Waals surface area contributed by atoms with Crippen molar-refractivity contribution >= 4 is 11.8 Å². The SMILES string of the molecule is C[C@H]1CCCN2C(=O)CN(N3CCOCC3)CC(=O)N12. The molecule has 3 heterocycles. The molecular weight excluding hydrogens is 260 g/mol. The Hall–Kier alpha value is -1.18.